The largest absolute Gasteiger partial charge is 0.412 e. The minimum absolute atomic E-state index is 0.122. The molecule has 0 fully saturated rings. The van der Waals surface area contributed by atoms with Crippen LogP contribution in [0.4, 0.5) is 0 Å². The number of hydrogen-bond donors (Lipinski definition) is 0. The standard InChI is InChI=1S/C22H40O2Si/c1-8-14-23-17-22(15-19(2)3,16-20(4)5)18-24-25(6,7)21-12-10-9-11-13-21/h9-13,19-20H,8,14-18H2,1-7H3. The summed E-state index contributed by atoms with van der Waals surface area (Å²) in [4.78, 5) is 0. The van der Waals surface area contributed by atoms with Gasteiger partial charge in [-0.15, -0.1) is 0 Å². The van der Waals surface area contributed by atoms with E-state index in [9.17, 15) is 0 Å². The lowest BCUT2D eigenvalue weighted by Gasteiger charge is -2.39. The van der Waals surface area contributed by atoms with Gasteiger partial charge in [0.05, 0.1) is 6.61 Å². The van der Waals surface area contributed by atoms with Crippen LogP contribution in [-0.4, -0.2) is 28.1 Å². The molecular formula is C22H40O2Si. The summed E-state index contributed by atoms with van der Waals surface area (Å²) in [7, 11) is -1.89. The van der Waals surface area contributed by atoms with E-state index in [1.54, 1.807) is 0 Å². The average Bonchev–Trinajstić information content (AvgIpc) is 2.53. The molecule has 0 radical (unpaired) electrons. The second-order valence-corrected chi connectivity index (χ2v) is 12.8. The molecule has 1 aromatic carbocycles. The van der Waals surface area contributed by atoms with Crippen molar-refractivity contribution in [1.29, 1.82) is 0 Å². The van der Waals surface area contributed by atoms with Gasteiger partial charge in [-0.05, 0) is 49.4 Å². The highest BCUT2D eigenvalue weighted by Gasteiger charge is 2.36. The van der Waals surface area contributed by atoms with E-state index in [1.807, 2.05) is 0 Å². The van der Waals surface area contributed by atoms with Gasteiger partial charge in [0.2, 0.25) is 8.32 Å². The summed E-state index contributed by atoms with van der Waals surface area (Å²) in [5, 5.41) is 1.37. The van der Waals surface area contributed by atoms with Crippen molar-refractivity contribution in [2.45, 2.75) is 67.0 Å². The maximum absolute atomic E-state index is 6.67. The average molecular weight is 365 g/mol. The van der Waals surface area contributed by atoms with Crippen LogP contribution in [-0.2, 0) is 9.16 Å². The molecule has 0 aliphatic carbocycles. The summed E-state index contributed by atoms with van der Waals surface area (Å²) in [6, 6.07) is 10.7. The van der Waals surface area contributed by atoms with Crippen molar-refractivity contribution in [3.05, 3.63) is 30.3 Å². The lowest BCUT2D eigenvalue weighted by Crippen LogP contribution is -2.48. The summed E-state index contributed by atoms with van der Waals surface area (Å²) in [6.45, 7) is 18.5. The Balaban J connectivity index is 2.92. The van der Waals surface area contributed by atoms with E-state index in [1.165, 1.54) is 5.19 Å². The quantitative estimate of drug-likeness (QED) is 0.354. The van der Waals surface area contributed by atoms with Gasteiger partial charge in [0.1, 0.15) is 0 Å². The number of hydrogen-bond acceptors (Lipinski definition) is 2. The summed E-state index contributed by atoms with van der Waals surface area (Å²) in [5.74, 6) is 1.29. The summed E-state index contributed by atoms with van der Waals surface area (Å²) in [6.07, 6.45) is 3.40. The van der Waals surface area contributed by atoms with Gasteiger partial charge >= 0.3 is 0 Å². The lowest BCUT2D eigenvalue weighted by atomic mass is 9.75. The Bertz CT molecular complexity index is 458. The predicted molar refractivity (Wildman–Crippen MR) is 112 cm³/mol. The Morgan fingerprint density at radius 2 is 1.48 bits per heavy atom. The van der Waals surface area contributed by atoms with Crippen LogP contribution in [0.2, 0.25) is 13.1 Å². The van der Waals surface area contributed by atoms with E-state index in [2.05, 4.69) is 78.0 Å². The molecule has 0 heterocycles. The van der Waals surface area contributed by atoms with Crippen molar-refractivity contribution >= 4 is 13.5 Å². The fourth-order valence-electron chi connectivity index (χ4n) is 3.78. The molecule has 0 aliphatic rings. The third kappa shape index (κ3) is 8.06. The molecule has 0 saturated heterocycles. The summed E-state index contributed by atoms with van der Waals surface area (Å²) < 4.78 is 12.7. The van der Waals surface area contributed by atoms with Crippen LogP contribution in [0.5, 0.6) is 0 Å². The maximum atomic E-state index is 6.67. The summed E-state index contributed by atoms with van der Waals surface area (Å²) in [5.41, 5.74) is 0.122. The molecular weight excluding hydrogens is 324 g/mol. The van der Waals surface area contributed by atoms with Crippen molar-refractivity contribution in [3.8, 4) is 0 Å². The minimum atomic E-state index is -1.89. The molecule has 1 aromatic rings. The van der Waals surface area contributed by atoms with Crippen molar-refractivity contribution in [1.82, 2.24) is 0 Å². The van der Waals surface area contributed by atoms with E-state index in [0.717, 1.165) is 39.1 Å². The van der Waals surface area contributed by atoms with Gasteiger partial charge in [0, 0.05) is 18.6 Å². The Labute approximate surface area is 157 Å². The van der Waals surface area contributed by atoms with Gasteiger partial charge in [0.25, 0.3) is 0 Å². The monoisotopic (exact) mass is 364 g/mol. The molecule has 0 spiro atoms. The summed E-state index contributed by atoms with van der Waals surface area (Å²) >= 11 is 0. The zero-order chi connectivity index (χ0) is 18.9. The Kier molecular flexibility index (Phi) is 9.40. The van der Waals surface area contributed by atoms with Crippen LogP contribution in [0, 0.1) is 17.3 Å². The Morgan fingerprint density at radius 1 is 0.920 bits per heavy atom. The highest BCUT2D eigenvalue weighted by atomic mass is 28.4. The fraction of sp³-hybridized carbons (Fsp3) is 0.727. The first-order valence-corrected chi connectivity index (χ1v) is 12.9. The third-order valence-corrected chi connectivity index (χ3v) is 7.24. The van der Waals surface area contributed by atoms with E-state index < -0.39 is 8.32 Å². The van der Waals surface area contributed by atoms with Gasteiger partial charge < -0.3 is 9.16 Å². The molecule has 0 aliphatic heterocycles. The van der Waals surface area contributed by atoms with Gasteiger partial charge in [-0.3, -0.25) is 0 Å². The predicted octanol–water partition coefficient (Wildman–Crippen LogP) is 5.62. The van der Waals surface area contributed by atoms with Crippen LogP contribution < -0.4 is 5.19 Å². The van der Waals surface area contributed by atoms with Gasteiger partial charge in [-0.1, -0.05) is 65.0 Å². The molecule has 0 bridgehead atoms. The number of benzene rings is 1. The first-order chi connectivity index (χ1) is 11.7. The SMILES string of the molecule is CCCOCC(CO[Si](C)(C)c1ccccc1)(CC(C)C)CC(C)C. The van der Waals surface area contributed by atoms with Gasteiger partial charge in [-0.25, -0.2) is 0 Å². The molecule has 144 valence electrons. The Morgan fingerprint density at radius 3 is 1.96 bits per heavy atom. The zero-order valence-electron chi connectivity index (χ0n) is 17.6. The second-order valence-electron chi connectivity index (χ2n) is 8.91. The molecule has 25 heavy (non-hydrogen) atoms. The third-order valence-electron chi connectivity index (χ3n) is 4.65. The van der Waals surface area contributed by atoms with Gasteiger partial charge in [0.15, 0.2) is 0 Å². The van der Waals surface area contributed by atoms with Crippen LogP contribution >= 0.6 is 0 Å². The molecule has 0 amide bonds. The molecule has 0 unspecified atom stereocenters. The van der Waals surface area contributed by atoms with Crippen molar-refractivity contribution in [2.75, 3.05) is 19.8 Å². The highest BCUT2D eigenvalue weighted by Crippen LogP contribution is 2.35. The molecule has 0 aromatic heterocycles. The molecule has 2 nitrogen and oxygen atoms in total. The molecule has 1 rings (SSSR count). The lowest BCUT2D eigenvalue weighted by molar-refractivity contribution is -0.0134. The fourth-order valence-corrected chi connectivity index (χ4v) is 5.61. The molecule has 0 atom stereocenters. The van der Waals surface area contributed by atoms with Crippen LogP contribution in [0.15, 0.2) is 30.3 Å². The van der Waals surface area contributed by atoms with Gasteiger partial charge in [-0.2, -0.15) is 0 Å². The van der Waals surface area contributed by atoms with E-state index >= 15 is 0 Å². The Hall–Kier alpha value is -0.643. The first kappa shape index (κ1) is 22.4. The zero-order valence-corrected chi connectivity index (χ0v) is 18.6. The van der Waals surface area contributed by atoms with Crippen LogP contribution in [0.3, 0.4) is 0 Å². The second kappa shape index (κ2) is 10.5. The topological polar surface area (TPSA) is 18.5 Å². The minimum Gasteiger partial charge on any atom is -0.412 e. The van der Waals surface area contributed by atoms with Crippen molar-refractivity contribution in [3.63, 3.8) is 0 Å². The number of ether oxygens (including phenoxy) is 1. The van der Waals surface area contributed by atoms with E-state index in [0.29, 0.717) is 11.8 Å². The normalized spacial score (nSPS) is 13.0. The number of rotatable bonds is 12. The van der Waals surface area contributed by atoms with Crippen molar-refractivity contribution in [2.24, 2.45) is 17.3 Å². The van der Waals surface area contributed by atoms with Crippen molar-refractivity contribution < 1.29 is 9.16 Å². The first-order valence-electron chi connectivity index (χ1n) is 9.98. The maximum Gasteiger partial charge on any atom is 0.218 e. The molecule has 0 saturated carbocycles. The molecule has 3 heteroatoms. The van der Waals surface area contributed by atoms with E-state index in [-0.39, 0.29) is 5.41 Å². The van der Waals surface area contributed by atoms with E-state index in [4.69, 9.17) is 9.16 Å². The smallest absolute Gasteiger partial charge is 0.218 e. The van der Waals surface area contributed by atoms with Crippen LogP contribution in [0.25, 0.3) is 0 Å². The highest BCUT2D eigenvalue weighted by molar-refractivity contribution is 6.84. The molecule has 0 N–H and O–H groups in total. The van der Waals surface area contributed by atoms with Crippen LogP contribution in [0.1, 0.15) is 53.9 Å².